The third-order valence-corrected chi connectivity index (χ3v) is 4.62. The van der Waals surface area contributed by atoms with E-state index in [4.69, 9.17) is 10.5 Å². The molecule has 0 spiro atoms. The highest BCUT2D eigenvalue weighted by Crippen LogP contribution is 2.30. The summed E-state index contributed by atoms with van der Waals surface area (Å²) in [5.41, 5.74) is 6.39. The first kappa shape index (κ1) is 13.0. The molecular formula is C12H19N5OS. The maximum absolute atomic E-state index is 6.48. The lowest BCUT2D eigenvalue weighted by molar-refractivity contribution is 0.176. The molecule has 6 nitrogen and oxygen atoms in total. The SMILES string of the molecule is COCc1nnc2sc(CC3(N)CCCCC3)nn12. The second-order valence-corrected chi connectivity index (χ2v) is 6.38. The smallest absolute Gasteiger partial charge is 0.234 e. The fourth-order valence-corrected chi connectivity index (χ4v) is 3.73. The molecule has 2 aromatic heterocycles. The summed E-state index contributed by atoms with van der Waals surface area (Å²) in [6.07, 6.45) is 6.80. The van der Waals surface area contributed by atoms with Gasteiger partial charge in [0.05, 0.1) is 0 Å². The van der Waals surface area contributed by atoms with E-state index in [1.54, 1.807) is 23.0 Å². The monoisotopic (exact) mass is 281 g/mol. The summed E-state index contributed by atoms with van der Waals surface area (Å²) < 4.78 is 6.86. The number of nitrogens with zero attached hydrogens (tertiary/aromatic N) is 4. The van der Waals surface area contributed by atoms with Gasteiger partial charge in [-0.25, -0.2) is 0 Å². The van der Waals surface area contributed by atoms with E-state index < -0.39 is 0 Å². The molecule has 0 atom stereocenters. The highest BCUT2D eigenvalue weighted by Gasteiger charge is 2.29. The normalized spacial score (nSPS) is 19.1. The van der Waals surface area contributed by atoms with Crippen LogP contribution in [0.4, 0.5) is 0 Å². The van der Waals surface area contributed by atoms with Crippen molar-refractivity contribution >= 4 is 16.3 Å². The molecule has 0 aliphatic heterocycles. The van der Waals surface area contributed by atoms with Gasteiger partial charge in [-0.05, 0) is 12.8 Å². The van der Waals surface area contributed by atoms with E-state index in [0.29, 0.717) is 6.61 Å². The van der Waals surface area contributed by atoms with Crippen LogP contribution < -0.4 is 5.73 Å². The van der Waals surface area contributed by atoms with Crippen LogP contribution in [0, 0.1) is 0 Å². The Morgan fingerprint density at radius 3 is 2.84 bits per heavy atom. The minimum atomic E-state index is -0.0804. The highest BCUT2D eigenvalue weighted by atomic mass is 32.1. The Balaban J connectivity index is 1.81. The summed E-state index contributed by atoms with van der Waals surface area (Å²) >= 11 is 1.58. The number of hydrogen-bond donors (Lipinski definition) is 1. The minimum absolute atomic E-state index is 0.0804. The zero-order chi connectivity index (χ0) is 13.3. The van der Waals surface area contributed by atoms with Gasteiger partial charge in [0, 0.05) is 19.1 Å². The van der Waals surface area contributed by atoms with Crippen LogP contribution in [0.1, 0.15) is 42.9 Å². The van der Waals surface area contributed by atoms with Crippen molar-refractivity contribution in [3.05, 3.63) is 10.8 Å². The van der Waals surface area contributed by atoms with Crippen molar-refractivity contribution in [1.29, 1.82) is 0 Å². The molecular weight excluding hydrogens is 262 g/mol. The van der Waals surface area contributed by atoms with Gasteiger partial charge < -0.3 is 10.5 Å². The van der Waals surface area contributed by atoms with Gasteiger partial charge in [0.2, 0.25) is 4.96 Å². The van der Waals surface area contributed by atoms with Crippen LogP contribution in [0.3, 0.4) is 0 Å². The van der Waals surface area contributed by atoms with E-state index in [1.165, 1.54) is 19.3 Å². The lowest BCUT2D eigenvalue weighted by Crippen LogP contribution is -2.43. The van der Waals surface area contributed by atoms with E-state index >= 15 is 0 Å². The number of fused-ring (bicyclic) bond motifs is 1. The van der Waals surface area contributed by atoms with Gasteiger partial charge in [0.1, 0.15) is 11.6 Å². The first-order valence-corrected chi connectivity index (χ1v) is 7.50. The molecule has 0 amide bonds. The van der Waals surface area contributed by atoms with Gasteiger partial charge in [0.25, 0.3) is 0 Å². The van der Waals surface area contributed by atoms with E-state index in [0.717, 1.165) is 35.1 Å². The summed E-state index contributed by atoms with van der Waals surface area (Å²) in [5, 5.41) is 13.8. The maximum atomic E-state index is 6.48. The third-order valence-electron chi connectivity index (χ3n) is 3.72. The van der Waals surface area contributed by atoms with E-state index in [9.17, 15) is 0 Å². The first-order chi connectivity index (χ1) is 9.20. The van der Waals surface area contributed by atoms with Gasteiger partial charge in [-0.15, -0.1) is 10.2 Å². The number of nitrogens with two attached hydrogens (primary N) is 1. The fourth-order valence-electron chi connectivity index (χ4n) is 2.72. The van der Waals surface area contributed by atoms with Crippen LogP contribution in [-0.4, -0.2) is 32.5 Å². The summed E-state index contributed by atoms with van der Waals surface area (Å²) in [6.45, 7) is 0.429. The topological polar surface area (TPSA) is 78.3 Å². The Bertz CT molecular complexity index is 557. The molecule has 3 rings (SSSR count). The molecule has 2 heterocycles. The molecule has 2 N–H and O–H groups in total. The van der Waals surface area contributed by atoms with Gasteiger partial charge in [-0.3, -0.25) is 0 Å². The zero-order valence-electron chi connectivity index (χ0n) is 11.1. The molecule has 2 aromatic rings. The molecule has 1 saturated carbocycles. The summed E-state index contributed by atoms with van der Waals surface area (Å²) in [5.74, 6) is 0.745. The van der Waals surface area contributed by atoms with Crippen molar-refractivity contribution in [2.24, 2.45) is 5.73 Å². The average molecular weight is 281 g/mol. The molecule has 104 valence electrons. The van der Waals surface area contributed by atoms with Crippen LogP contribution in [0.25, 0.3) is 4.96 Å². The Hall–Kier alpha value is -1.05. The molecule has 0 bridgehead atoms. The maximum Gasteiger partial charge on any atom is 0.234 e. The Kier molecular flexibility index (Phi) is 3.51. The van der Waals surface area contributed by atoms with Crippen molar-refractivity contribution in [3.63, 3.8) is 0 Å². The predicted octanol–water partition coefficient (Wildman–Crippen LogP) is 1.54. The van der Waals surface area contributed by atoms with Crippen LogP contribution in [0.15, 0.2) is 0 Å². The predicted molar refractivity (Wildman–Crippen MR) is 73.1 cm³/mol. The van der Waals surface area contributed by atoms with Crippen molar-refractivity contribution in [2.45, 2.75) is 50.7 Å². The lowest BCUT2D eigenvalue weighted by Gasteiger charge is -2.32. The summed E-state index contributed by atoms with van der Waals surface area (Å²) in [7, 11) is 1.64. The second kappa shape index (κ2) is 5.15. The van der Waals surface area contributed by atoms with Gasteiger partial charge in [-0.1, -0.05) is 30.6 Å². The molecule has 0 unspecified atom stereocenters. The van der Waals surface area contributed by atoms with Crippen molar-refractivity contribution in [2.75, 3.05) is 7.11 Å². The van der Waals surface area contributed by atoms with E-state index in [1.807, 2.05) is 0 Å². The number of methoxy groups -OCH3 is 1. The largest absolute Gasteiger partial charge is 0.377 e. The first-order valence-electron chi connectivity index (χ1n) is 6.68. The van der Waals surface area contributed by atoms with Crippen LogP contribution >= 0.6 is 11.3 Å². The summed E-state index contributed by atoms with van der Waals surface area (Å²) in [4.78, 5) is 0.821. The standard InChI is InChI=1S/C12H19N5OS/c1-18-8-9-14-15-11-17(9)16-10(19-11)7-12(13)5-3-2-4-6-12/h2-8,13H2,1H3. The number of hydrogen-bond acceptors (Lipinski definition) is 6. The minimum Gasteiger partial charge on any atom is -0.377 e. The Morgan fingerprint density at radius 1 is 1.32 bits per heavy atom. The zero-order valence-corrected chi connectivity index (χ0v) is 11.9. The Morgan fingerprint density at radius 2 is 2.11 bits per heavy atom. The number of rotatable bonds is 4. The van der Waals surface area contributed by atoms with Gasteiger partial charge in [0.15, 0.2) is 5.82 Å². The third kappa shape index (κ3) is 2.63. The van der Waals surface area contributed by atoms with E-state index in [-0.39, 0.29) is 5.54 Å². The number of aromatic nitrogens is 4. The molecule has 1 aliphatic carbocycles. The molecule has 0 radical (unpaired) electrons. The molecule has 19 heavy (non-hydrogen) atoms. The van der Waals surface area contributed by atoms with Gasteiger partial charge in [-0.2, -0.15) is 9.61 Å². The summed E-state index contributed by atoms with van der Waals surface area (Å²) in [6, 6.07) is 0. The van der Waals surface area contributed by atoms with Crippen molar-refractivity contribution < 1.29 is 4.74 Å². The molecule has 1 fully saturated rings. The van der Waals surface area contributed by atoms with Crippen LogP contribution in [-0.2, 0) is 17.8 Å². The number of ether oxygens (including phenoxy) is 1. The second-order valence-electron chi connectivity index (χ2n) is 5.34. The quantitative estimate of drug-likeness (QED) is 0.919. The molecule has 7 heteroatoms. The fraction of sp³-hybridized carbons (Fsp3) is 0.750. The highest BCUT2D eigenvalue weighted by molar-refractivity contribution is 7.16. The molecule has 1 aliphatic rings. The average Bonchev–Trinajstić information content (AvgIpc) is 2.92. The molecule has 0 saturated heterocycles. The van der Waals surface area contributed by atoms with Crippen molar-refractivity contribution in [3.8, 4) is 0 Å². The van der Waals surface area contributed by atoms with Crippen LogP contribution in [0.2, 0.25) is 0 Å². The van der Waals surface area contributed by atoms with Crippen LogP contribution in [0.5, 0.6) is 0 Å². The molecule has 0 aromatic carbocycles. The lowest BCUT2D eigenvalue weighted by atomic mass is 9.80. The van der Waals surface area contributed by atoms with E-state index in [2.05, 4.69) is 15.3 Å². The Labute approximate surface area is 116 Å². The van der Waals surface area contributed by atoms with Crippen molar-refractivity contribution in [1.82, 2.24) is 19.8 Å². The van der Waals surface area contributed by atoms with Gasteiger partial charge >= 0.3 is 0 Å².